The first kappa shape index (κ1) is 14.4. The first-order valence-electron chi connectivity index (χ1n) is 6.72. The molecule has 0 spiro atoms. The summed E-state index contributed by atoms with van der Waals surface area (Å²) in [4.78, 5) is 12.8. The maximum atomic E-state index is 11.5. The predicted octanol–water partition coefficient (Wildman–Crippen LogP) is 3.07. The highest BCUT2D eigenvalue weighted by Crippen LogP contribution is 2.39. The van der Waals surface area contributed by atoms with Crippen molar-refractivity contribution in [1.29, 1.82) is 0 Å². The lowest BCUT2D eigenvalue weighted by Crippen LogP contribution is -2.53. The number of nitrogens with one attached hydrogen (secondary N) is 1. The average Bonchev–Trinajstić information content (AvgIpc) is 2.41. The molecule has 1 aromatic rings. The zero-order valence-electron chi connectivity index (χ0n) is 11.5. The van der Waals surface area contributed by atoms with Crippen molar-refractivity contribution in [1.82, 2.24) is 5.32 Å². The van der Waals surface area contributed by atoms with Crippen LogP contribution in [-0.4, -0.2) is 28.9 Å². The standard InChI is InChI=1S/C15H21NO2S/c1-11-6-3-4-8-13(11)19-12-7-5-9-15(10-12,16-2)14(17)18/h3-4,6,8,12,16H,5,7,9-10H2,1-2H3,(H,17,18). The third-order valence-corrected chi connectivity index (χ3v) is 5.43. The highest BCUT2D eigenvalue weighted by Gasteiger charge is 2.41. The van der Waals surface area contributed by atoms with Gasteiger partial charge in [-0.3, -0.25) is 4.79 Å². The van der Waals surface area contributed by atoms with E-state index < -0.39 is 11.5 Å². The summed E-state index contributed by atoms with van der Waals surface area (Å²) in [5.74, 6) is -0.718. The minimum atomic E-state index is -0.737. The number of thioether (sulfide) groups is 1. The lowest BCUT2D eigenvalue weighted by atomic mass is 9.81. The van der Waals surface area contributed by atoms with E-state index in [9.17, 15) is 9.90 Å². The number of hydrogen-bond acceptors (Lipinski definition) is 3. The Morgan fingerprint density at radius 2 is 2.21 bits per heavy atom. The number of rotatable bonds is 4. The Labute approximate surface area is 118 Å². The van der Waals surface area contributed by atoms with E-state index in [1.54, 1.807) is 7.05 Å². The highest BCUT2D eigenvalue weighted by atomic mass is 32.2. The number of carbonyl (C=O) groups is 1. The smallest absolute Gasteiger partial charge is 0.323 e. The number of aryl methyl sites for hydroxylation is 1. The number of carboxylic acids is 1. The molecule has 2 N–H and O–H groups in total. The summed E-state index contributed by atoms with van der Waals surface area (Å²) in [5.41, 5.74) is 0.530. The highest BCUT2D eigenvalue weighted by molar-refractivity contribution is 8.00. The van der Waals surface area contributed by atoms with Crippen molar-refractivity contribution >= 4 is 17.7 Å². The third-order valence-electron chi connectivity index (χ3n) is 3.98. The second-order valence-electron chi connectivity index (χ2n) is 5.24. The van der Waals surface area contributed by atoms with Gasteiger partial charge in [-0.1, -0.05) is 18.2 Å². The summed E-state index contributed by atoms with van der Waals surface area (Å²) in [6.45, 7) is 2.10. The Kier molecular flexibility index (Phi) is 4.53. The SMILES string of the molecule is CNC1(C(=O)O)CCCC(Sc2ccccc2C)C1. The van der Waals surface area contributed by atoms with Gasteiger partial charge >= 0.3 is 5.97 Å². The predicted molar refractivity (Wildman–Crippen MR) is 78.7 cm³/mol. The Morgan fingerprint density at radius 1 is 1.47 bits per heavy atom. The molecule has 1 aliphatic rings. The third kappa shape index (κ3) is 3.12. The molecule has 19 heavy (non-hydrogen) atoms. The molecule has 0 amide bonds. The van der Waals surface area contributed by atoms with E-state index in [4.69, 9.17) is 0 Å². The van der Waals surface area contributed by atoms with Crippen LogP contribution in [-0.2, 0) is 4.79 Å². The lowest BCUT2D eigenvalue weighted by molar-refractivity contribution is -0.146. The van der Waals surface area contributed by atoms with Gasteiger partial charge in [-0.25, -0.2) is 0 Å². The van der Waals surface area contributed by atoms with Crippen LogP contribution in [0.2, 0.25) is 0 Å². The molecule has 2 atom stereocenters. The van der Waals surface area contributed by atoms with Crippen molar-refractivity contribution in [2.75, 3.05) is 7.05 Å². The van der Waals surface area contributed by atoms with Gasteiger partial charge in [0.25, 0.3) is 0 Å². The van der Waals surface area contributed by atoms with E-state index in [1.165, 1.54) is 10.5 Å². The largest absolute Gasteiger partial charge is 0.480 e. The molecule has 1 aromatic carbocycles. The summed E-state index contributed by atoms with van der Waals surface area (Å²) in [6, 6.07) is 8.31. The maximum absolute atomic E-state index is 11.5. The van der Waals surface area contributed by atoms with Crippen molar-refractivity contribution < 1.29 is 9.90 Å². The van der Waals surface area contributed by atoms with Crippen LogP contribution in [0.4, 0.5) is 0 Å². The molecule has 3 nitrogen and oxygen atoms in total. The van der Waals surface area contributed by atoms with Crippen molar-refractivity contribution in [2.45, 2.75) is 48.3 Å². The molecule has 4 heteroatoms. The molecule has 1 fully saturated rings. The summed E-state index contributed by atoms with van der Waals surface area (Å²) in [5, 5.41) is 12.9. The van der Waals surface area contributed by atoms with Crippen LogP contribution >= 0.6 is 11.8 Å². The van der Waals surface area contributed by atoms with Gasteiger partial charge in [-0.05, 0) is 51.3 Å². The van der Waals surface area contributed by atoms with Crippen molar-refractivity contribution in [3.8, 4) is 0 Å². The van der Waals surface area contributed by atoms with Gasteiger partial charge in [0.15, 0.2) is 0 Å². The van der Waals surface area contributed by atoms with E-state index in [1.807, 2.05) is 23.9 Å². The van der Waals surface area contributed by atoms with Gasteiger partial charge in [-0.15, -0.1) is 11.8 Å². The summed E-state index contributed by atoms with van der Waals surface area (Å²) < 4.78 is 0. The molecule has 0 radical (unpaired) electrons. The lowest BCUT2D eigenvalue weighted by Gasteiger charge is -2.37. The Hall–Kier alpha value is -1.00. The normalized spacial score (nSPS) is 27.2. The van der Waals surface area contributed by atoms with E-state index in [2.05, 4.69) is 24.4 Å². The molecule has 1 saturated carbocycles. The molecular weight excluding hydrogens is 258 g/mol. The summed E-state index contributed by atoms with van der Waals surface area (Å²) in [7, 11) is 1.76. The van der Waals surface area contributed by atoms with Crippen LogP contribution in [0.5, 0.6) is 0 Å². The zero-order valence-corrected chi connectivity index (χ0v) is 12.3. The zero-order chi connectivity index (χ0) is 13.9. The molecule has 0 aromatic heterocycles. The van der Waals surface area contributed by atoms with Crippen LogP contribution in [0.1, 0.15) is 31.2 Å². The molecule has 0 heterocycles. The van der Waals surface area contributed by atoms with Crippen LogP contribution < -0.4 is 5.32 Å². The monoisotopic (exact) mass is 279 g/mol. The van der Waals surface area contributed by atoms with Crippen molar-refractivity contribution in [2.24, 2.45) is 0 Å². The van der Waals surface area contributed by atoms with Crippen LogP contribution in [0.3, 0.4) is 0 Å². The van der Waals surface area contributed by atoms with Crippen LogP contribution in [0.25, 0.3) is 0 Å². The van der Waals surface area contributed by atoms with E-state index >= 15 is 0 Å². The fourth-order valence-corrected chi connectivity index (χ4v) is 4.14. The molecule has 0 saturated heterocycles. The summed E-state index contributed by atoms with van der Waals surface area (Å²) in [6.07, 6.45) is 3.48. The number of benzene rings is 1. The summed E-state index contributed by atoms with van der Waals surface area (Å²) >= 11 is 1.82. The first-order chi connectivity index (χ1) is 9.07. The van der Waals surface area contributed by atoms with Gasteiger partial charge in [0.05, 0.1) is 0 Å². The molecule has 0 aliphatic heterocycles. The number of likely N-dealkylation sites (N-methyl/N-ethyl adjacent to an activating group) is 1. The number of hydrogen-bond donors (Lipinski definition) is 2. The van der Waals surface area contributed by atoms with Crippen LogP contribution in [0, 0.1) is 6.92 Å². The first-order valence-corrected chi connectivity index (χ1v) is 7.60. The topological polar surface area (TPSA) is 49.3 Å². The molecule has 2 rings (SSSR count). The van der Waals surface area contributed by atoms with Gasteiger partial charge in [0.1, 0.15) is 5.54 Å². The maximum Gasteiger partial charge on any atom is 0.323 e. The minimum Gasteiger partial charge on any atom is -0.480 e. The van der Waals surface area contributed by atoms with Crippen molar-refractivity contribution in [3.05, 3.63) is 29.8 Å². The second-order valence-corrected chi connectivity index (χ2v) is 6.58. The van der Waals surface area contributed by atoms with Crippen molar-refractivity contribution in [3.63, 3.8) is 0 Å². The van der Waals surface area contributed by atoms with Gasteiger partial charge in [-0.2, -0.15) is 0 Å². The van der Waals surface area contributed by atoms with Crippen LogP contribution in [0.15, 0.2) is 29.2 Å². The van der Waals surface area contributed by atoms with E-state index in [0.29, 0.717) is 11.7 Å². The Morgan fingerprint density at radius 3 is 2.84 bits per heavy atom. The van der Waals surface area contributed by atoms with Gasteiger partial charge in [0.2, 0.25) is 0 Å². The number of aliphatic carboxylic acids is 1. The fourth-order valence-electron chi connectivity index (χ4n) is 2.72. The molecule has 104 valence electrons. The van der Waals surface area contributed by atoms with Gasteiger partial charge in [0, 0.05) is 10.1 Å². The second kappa shape index (κ2) is 5.97. The Bertz CT molecular complexity index is 463. The van der Waals surface area contributed by atoms with E-state index in [0.717, 1.165) is 19.3 Å². The minimum absolute atomic E-state index is 0.374. The fraction of sp³-hybridized carbons (Fsp3) is 0.533. The molecule has 0 bridgehead atoms. The average molecular weight is 279 g/mol. The molecular formula is C15H21NO2S. The molecule has 2 unspecified atom stereocenters. The Balaban J connectivity index is 2.10. The van der Waals surface area contributed by atoms with Gasteiger partial charge < -0.3 is 10.4 Å². The number of carboxylic acid groups (broad SMARTS) is 1. The quantitative estimate of drug-likeness (QED) is 0.889. The van der Waals surface area contributed by atoms with E-state index in [-0.39, 0.29) is 0 Å². The molecule has 1 aliphatic carbocycles.